The van der Waals surface area contributed by atoms with Crippen LogP contribution >= 0.6 is 0 Å². The Hall–Kier alpha value is -1.75. The Bertz CT molecular complexity index is 461. The fraction of sp³-hybridized carbons (Fsp3) is 0.500. The van der Waals surface area contributed by atoms with Gasteiger partial charge >= 0.3 is 0 Å². The molecule has 1 aromatic rings. The SMILES string of the molecule is COc1ccc(OC)c(C(=O)N2CCC[C@H]2CO)c1. The lowest BCUT2D eigenvalue weighted by molar-refractivity contribution is 0.0674. The molecular formula is C14H19NO4. The van der Waals surface area contributed by atoms with Gasteiger partial charge in [0.05, 0.1) is 32.4 Å². The first kappa shape index (κ1) is 13.7. The first-order chi connectivity index (χ1) is 9.21. The second kappa shape index (κ2) is 5.93. The Morgan fingerprint density at radius 3 is 2.84 bits per heavy atom. The number of nitrogens with zero attached hydrogens (tertiary/aromatic N) is 1. The Labute approximate surface area is 112 Å². The monoisotopic (exact) mass is 265 g/mol. The summed E-state index contributed by atoms with van der Waals surface area (Å²) in [7, 11) is 3.09. The van der Waals surface area contributed by atoms with Gasteiger partial charge in [0.2, 0.25) is 0 Å². The van der Waals surface area contributed by atoms with Gasteiger partial charge in [0, 0.05) is 6.54 Å². The van der Waals surface area contributed by atoms with Crippen LogP contribution in [0.15, 0.2) is 18.2 Å². The highest BCUT2D eigenvalue weighted by atomic mass is 16.5. The quantitative estimate of drug-likeness (QED) is 0.891. The van der Waals surface area contributed by atoms with Crippen LogP contribution in [0.1, 0.15) is 23.2 Å². The molecule has 1 saturated heterocycles. The minimum atomic E-state index is -0.118. The van der Waals surface area contributed by atoms with Crippen LogP contribution < -0.4 is 9.47 Å². The number of ether oxygens (including phenoxy) is 2. The number of hydrogen-bond donors (Lipinski definition) is 1. The number of carbonyl (C=O) groups is 1. The molecule has 0 radical (unpaired) electrons. The third-order valence-corrected chi connectivity index (χ3v) is 3.49. The predicted octanol–water partition coefficient (Wildman–Crippen LogP) is 1.30. The van der Waals surface area contributed by atoms with Crippen LogP contribution in [0.5, 0.6) is 11.5 Å². The van der Waals surface area contributed by atoms with Crippen LogP contribution in [0, 0.1) is 0 Å². The highest BCUT2D eigenvalue weighted by Crippen LogP contribution is 2.28. The predicted molar refractivity (Wildman–Crippen MR) is 70.7 cm³/mol. The second-order valence-electron chi connectivity index (χ2n) is 4.54. The van der Waals surface area contributed by atoms with E-state index >= 15 is 0 Å². The van der Waals surface area contributed by atoms with Crippen molar-refractivity contribution >= 4 is 5.91 Å². The van der Waals surface area contributed by atoms with Crippen LogP contribution in [-0.2, 0) is 0 Å². The maximum absolute atomic E-state index is 12.5. The molecule has 1 fully saturated rings. The molecule has 104 valence electrons. The highest BCUT2D eigenvalue weighted by molar-refractivity contribution is 5.97. The molecule has 5 heteroatoms. The molecule has 19 heavy (non-hydrogen) atoms. The molecule has 2 rings (SSSR count). The van der Waals surface area contributed by atoms with E-state index in [2.05, 4.69) is 0 Å². The zero-order valence-electron chi connectivity index (χ0n) is 11.3. The lowest BCUT2D eigenvalue weighted by Gasteiger charge is -2.24. The highest BCUT2D eigenvalue weighted by Gasteiger charge is 2.30. The van der Waals surface area contributed by atoms with Crippen molar-refractivity contribution in [2.24, 2.45) is 0 Å². The Morgan fingerprint density at radius 1 is 1.42 bits per heavy atom. The molecular weight excluding hydrogens is 246 g/mol. The van der Waals surface area contributed by atoms with Gasteiger partial charge < -0.3 is 19.5 Å². The maximum Gasteiger partial charge on any atom is 0.258 e. The summed E-state index contributed by atoms with van der Waals surface area (Å²) in [6.45, 7) is 0.669. The van der Waals surface area contributed by atoms with Crippen molar-refractivity contribution in [1.82, 2.24) is 4.90 Å². The minimum Gasteiger partial charge on any atom is -0.497 e. The average Bonchev–Trinajstić information content (AvgIpc) is 2.94. The fourth-order valence-corrected chi connectivity index (χ4v) is 2.43. The third kappa shape index (κ3) is 2.66. The number of rotatable bonds is 4. The summed E-state index contributed by atoms with van der Waals surface area (Å²) in [6.07, 6.45) is 1.76. The van der Waals surface area contributed by atoms with Gasteiger partial charge in [0.25, 0.3) is 5.91 Å². The molecule has 1 aliphatic rings. The van der Waals surface area contributed by atoms with Crippen molar-refractivity contribution < 1.29 is 19.4 Å². The topological polar surface area (TPSA) is 59.0 Å². The Kier molecular flexibility index (Phi) is 4.27. The van der Waals surface area contributed by atoms with Crippen molar-refractivity contribution in [2.75, 3.05) is 27.4 Å². The van der Waals surface area contributed by atoms with E-state index in [4.69, 9.17) is 9.47 Å². The van der Waals surface area contributed by atoms with E-state index < -0.39 is 0 Å². The second-order valence-corrected chi connectivity index (χ2v) is 4.54. The summed E-state index contributed by atoms with van der Waals surface area (Å²) in [4.78, 5) is 14.2. The molecule has 0 aliphatic carbocycles. The first-order valence-corrected chi connectivity index (χ1v) is 6.35. The summed E-state index contributed by atoms with van der Waals surface area (Å²) in [6, 6.07) is 5.05. The number of likely N-dealkylation sites (tertiary alicyclic amines) is 1. The lowest BCUT2D eigenvalue weighted by atomic mass is 10.1. The first-order valence-electron chi connectivity index (χ1n) is 6.35. The number of amides is 1. The van der Waals surface area contributed by atoms with E-state index in [9.17, 15) is 9.90 Å². The smallest absolute Gasteiger partial charge is 0.258 e. The van der Waals surface area contributed by atoms with Crippen LogP contribution in [0.4, 0.5) is 0 Å². The largest absolute Gasteiger partial charge is 0.497 e. The number of benzene rings is 1. The van der Waals surface area contributed by atoms with Crippen LogP contribution in [0.25, 0.3) is 0 Å². The number of hydrogen-bond acceptors (Lipinski definition) is 4. The standard InChI is InChI=1S/C14H19NO4/c1-18-11-5-6-13(19-2)12(8-11)14(17)15-7-3-4-10(15)9-16/h5-6,8,10,16H,3-4,7,9H2,1-2H3/t10-/m0/s1. The summed E-state index contributed by atoms with van der Waals surface area (Å²) in [5.41, 5.74) is 0.474. The van der Waals surface area contributed by atoms with E-state index in [0.29, 0.717) is 23.6 Å². The van der Waals surface area contributed by atoms with E-state index in [0.717, 1.165) is 12.8 Å². The molecule has 1 N–H and O–H groups in total. The third-order valence-electron chi connectivity index (χ3n) is 3.49. The summed E-state index contributed by atoms with van der Waals surface area (Å²) >= 11 is 0. The summed E-state index contributed by atoms with van der Waals surface area (Å²) in [5.74, 6) is 1.02. The summed E-state index contributed by atoms with van der Waals surface area (Å²) < 4.78 is 10.4. The maximum atomic E-state index is 12.5. The van der Waals surface area contributed by atoms with Gasteiger partial charge in [-0.15, -0.1) is 0 Å². The van der Waals surface area contributed by atoms with Gasteiger partial charge in [-0.3, -0.25) is 4.79 Å². The normalized spacial score (nSPS) is 18.5. The van der Waals surface area contributed by atoms with Crippen LogP contribution in [-0.4, -0.2) is 49.3 Å². The molecule has 0 spiro atoms. The molecule has 5 nitrogen and oxygen atoms in total. The van der Waals surface area contributed by atoms with Crippen molar-refractivity contribution in [1.29, 1.82) is 0 Å². The fourth-order valence-electron chi connectivity index (χ4n) is 2.43. The molecule has 0 bridgehead atoms. The molecule has 0 saturated carbocycles. The zero-order chi connectivity index (χ0) is 13.8. The number of aliphatic hydroxyl groups excluding tert-OH is 1. The lowest BCUT2D eigenvalue weighted by Crippen LogP contribution is -2.37. The van der Waals surface area contributed by atoms with Gasteiger partial charge in [0.15, 0.2) is 0 Å². The molecule has 1 aromatic carbocycles. The molecule has 0 aromatic heterocycles. The molecule has 1 heterocycles. The van der Waals surface area contributed by atoms with Gasteiger partial charge in [-0.1, -0.05) is 0 Å². The number of carbonyl (C=O) groups excluding carboxylic acids is 1. The average molecular weight is 265 g/mol. The van der Waals surface area contributed by atoms with Crippen molar-refractivity contribution in [3.63, 3.8) is 0 Å². The Morgan fingerprint density at radius 2 is 2.21 bits per heavy atom. The molecule has 1 atom stereocenters. The van der Waals surface area contributed by atoms with E-state index in [1.807, 2.05) is 0 Å². The van der Waals surface area contributed by atoms with Gasteiger partial charge in [-0.25, -0.2) is 0 Å². The summed E-state index contributed by atoms with van der Waals surface area (Å²) in [5, 5.41) is 9.31. The van der Waals surface area contributed by atoms with Gasteiger partial charge in [-0.05, 0) is 31.0 Å². The van der Waals surface area contributed by atoms with Crippen LogP contribution in [0.3, 0.4) is 0 Å². The van der Waals surface area contributed by atoms with Gasteiger partial charge in [0.1, 0.15) is 11.5 Å². The van der Waals surface area contributed by atoms with Gasteiger partial charge in [-0.2, -0.15) is 0 Å². The Balaban J connectivity index is 2.31. The molecule has 1 amide bonds. The van der Waals surface area contributed by atoms with E-state index in [1.54, 1.807) is 30.2 Å². The zero-order valence-corrected chi connectivity index (χ0v) is 11.3. The van der Waals surface area contributed by atoms with E-state index in [-0.39, 0.29) is 18.6 Å². The van der Waals surface area contributed by atoms with Crippen molar-refractivity contribution in [3.8, 4) is 11.5 Å². The van der Waals surface area contributed by atoms with Crippen molar-refractivity contribution in [3.05, 3.63) is 23.8 Å². The van der Waals surface area contributed by atoms with Crippen molar-refractivity contribution in [2.45, 2.75) is 18.9 Å². The number of methoxy groups -OCH3 is 2. The molecule has 1 aliphatic heterocycles. The molecule has 0 unspecified atom stereocenters. The minimum absolute atomic E-state index is 0.00196. The van der Waals surface area contributed by atoms with Crippen LogP contribution in [0.2, 0.25) is 0 Å². The number of aliphatic hydroxyl groups is 1. The van der Waals surface area contributed by atoms with E-state index in [1.165, 1.54) is 7.11 Å².